The SMILES string of the molecule is CCn1c(CC(C)NC)cc2ccc(Br)cc21. The Balaban J connectivity index is 2.48. The normalized spacial score (nSPS) is 13.2. The zero-order valence-electron chi connectivity index (χ0n) is 10.6. The summed E-state index contributed by atoms with van der Waals surface area (Å²) in [5.41, 5.74) is 2.72. The average molecular weight is 295 g/mol. The number of likely N-dealkylation sites (N-methyl/N-ethyl adjacent to an activating group) is 1. The van der Waals surface area contributed by atoms with E-state index in [2.05, 4.69) is 63.9 Å². The van der Waals surface area contributed by atoms with E-state index in [9.17, 15) is 0 Å². The van der Waals surface area contributed by atoms with Gasteiger partial charge in [-0.25, -0.2) is 0 Å². The number of rotatable bonds is 4. The zero-order valence-corrected chi connectivity index (χ0v) is 12.2. The van der Waals surface area contributed by atoms with Crippen LogP contribution in [0.3, 0.4) is 0 Å². The van der Waals surface area contributed by atoms with Crippen LogP contribution in [-0.2, 0) is 13.0 Å². The molecular weight excluding hydrogens is 276 g/mol. The molecule has 0 aliphatic heterocycles. The smallest absolute Gasteiger partial charge is 0.0493 e. The molecule has 0 amide bonds. The topological polar surface area (TPSA) is 17.0 Å². The molecule has 2 rings (SSSR count). The quantitative estimate of drug-likeness (QED) is 0.912. The second-order valence-electron chi connectivity index (χ2n) is 4.48. The van der Waals surface area contributed by atoms with Crippen LogP contribution < -0.4 is 5.32 Å². The van der Waals surface area contributed by atoms with E-state index >= 15 is 0 Å². The van der Waals surface area contributed by atoms with Crippen LogP contribution in [0, 0.1) is 0 Å². The molecule has 3 heteroatoms. The summed E-state index contributed by atoms with van der Waals surface area (Å²) < 4.78 is 3.54. The van der Waals surface area contributed by atoms with Crippen molar-refractivity contribution in [1.29, 1.82) is 0 Å². The molecule has 0 aliphatic carbocycles. The van der Waals surface area contributed by atoms with Crippen molar-refractivity contribution in [2.45, 2.75) is 32.9 Å². The first-order valence-corrected chi connectivity index (χ1v) is 6.90. The molecule has 1 atom stereocenters. The molecule has 2 nitrogen and oxygen atoms in total. The molecule has 0 radical (unpaired) electrons. The lowest BCUT2D eigenvalue weighted by Gasteiger charge is -2.12. The number of halogens is 1. The Morgan fingerprint density at radius 1 is 1.35 bits per heavy atom. The number of nitrogens with one attached hydrogen (secondary N) is 1. The van der Waals surface area contributed by atoms with Gasteiger partial charge in [-0.3, -0.25) is 0 Å². The summed E-state index contributed by atoms with van der Waals surface area (Å²) in [4.78, 5) is 0. The van der Waals surface area contributed by atoms with Gasteiger partial charge in [0.1, 0.15) is 0 Å². The largest absolute Gasteiger partial charge is 0.345 e. The van der Waals surface area contributed by atoms with E-state index in [1.807, 2.05) is 7.05 Å². The first-order valence-electron chi connectivity index (χ1n) is 6.10. The Bertz CT molecular complexity index is 516. The van der Waals surface area contributed by atoms with E-state index in [1.54, 1.807) is 0 Å². The van der Waals surface area contributed by atoms with Crippen molar-refractivity contribution in [1.82, 2.24) is 9.88 Å². The predicted octanol–water partition coefficient (Wildman–Crippen LogP) is 3.57. The van der Waals surface area contributed by atoms with E-state index in [0.29, 0.717) is 6.04 Å². The van der Waals surface area contributed by atoms with Crippen LogP contribution in [0.25, 0.3) is 10.9 Å². The van der Waals surface area contributed by atoms with Crippen molar-refractivity contribution in [2.24, 2.45) is 0 Å². The van der Waals surface area contributed by atoms with Crippen LogP contribution in [0.1, 0.15) is 19.5 Å². The summed E-state index contributed by atoms with van der Waals surface area (Å²) in [6.07, 6.45) is 1.07. The van der Waals surface area contributed by atoms with Gasteiger partial charge >= 0.3 is 0 Å². The Kier molecular flexibility index (Phi) is 3.89. The summed E-state index contributed by atoms with van der Waals surface area (Å²) in [6.45, 7) is 5.44. The van der Waals surface area contributed by atoms with Gasteiger partial charge < -0.3 is 9.88 Å². The number of hydrogen-bond acceptors (Lipinski definition) is 1. The lowest BCUT2D eigenvalue weighted by atomic mass is 10.2. The number of nitrogens with zero attached hydrogens (tertiary/aromatic N) is 1. The van der Waals surface area contributed by atoms with Crippen molar-refractivity contribution in [2.75, 3.05) is 7.05 Å². The van der Waals surface area contributed by atoms with Crippen molar-refractivity contribution >= 4 is 26.8 Å². The minimum absolute atomic E-state index is 0.507. The third kappa shape index (κ3) is 2.55. The first kappa shape index (κ1) is 12.7. The number of hydrogen-bond donors (Lipinski definition) is 1. The van der Waals surface area contributed by atoms with Gasteiger partial charge in [0.25, 0.3) is 0 Å². The number of aromatic nitrogens is 1. The molecule has 0 saturated heterocycles. The first-order chi connectivity index (χ1) is 8.15. The number of benzene rings is 1. The number of fused-ring (bicyclic) bond motifs is 1. The van der Waals surface area contributed by atoms with Gasteiger partial charge in [-0.15, -0.1) is 0 Å². The standard InChI is InChI=1S/C14H19BrN2/c1-4-17-13(7-10(2)16-3)8-11-5-6-12(15)9-14(11)17/h5-6,8-10,16H,4,7H2,1-3H3. The van der Waals surface area contributed by atoms with Crippen LogP contribution in [0.15, 0.2) is 28.7 Å². The Hall–Kier alpha value is -0.800. The highest BCUT2D eigenvalue weighted by molar-refractivity contribution is 9.10. The van der Waals surface area contributed by atoms with Gasteiger partial charge in [0.05, 0.1) is 0 Å². The van der Waals surface area contributed by atoms with Crippen LogP contribution in [-0.4, -0.2) is 17.7 Å². The van der Waals surface area contributed by atoms with Crippen molar-refractivity contribution in [3.8, 4) is 0 Å². The van der Waals surface area contributed by atoms with Crippen molar-refractivity contribution < 1.29 is 0 Å². The van der Waals surface area contributed by atoms with Gasteiger partial charge in [0.2, 0.25) is 0 Å². The minimum Gasteiger partial charge on any atom is -0.345 e. The maximum Gasteiger partial charge on any atom is 0.0493 e. The van der Waals surface area contributed by atoms with Gasteiger partial charge in [0.15, 0.2) is 0 Å². The van der Waals surface area contributed by atoms with E-state index in [1.165, 1.54) is 16.6 Å². The summed E-state index contributed by atoms with van der Waals surface area (Å²) >= 11 is 3.54. The van der Waals surface area contributed by atoms with E-state index < -0.39 is 0 Å². The fraction of sp³-hybridized carbons (Fsp3) is 0.429. The molecule has 0 spiro atoms. The second kappa shape index (κ2) is 5.23. The molecular formula is C14H19BrN2. The van der Waals surface area contributed by atoms with Gasteiger partial charge in [-0.1, -0.05) is 22.0 Å². The van der Waals surface area contributed by atoms with Crippen molar-refractivity contribution in [3.05, 3.63) is 34.4 Å². The second-order valence-corrected chi connectivity index (χ2v) is 5.39. The highest BCUT2D eigenvalue weighted by Crippen LogP contribution is 2.24. The van der Waals surface area contributed by atoms with Crippen molar-refractivity contribution in [3.63, 3.8) is 0 Å². The minimum atomic E-state index is 0.507. The summed E-state index contributed by atoms with van der Waals surface area (Å²) in [5.74, 6) is 0. The summed E-state index contributed by atoms with van der Waals surface area (Å²) in [5, 5.41) is 4.63. The molecule has 1 N–H and O–H groups in total. The highest BCUT2D eigenvalue weighted by Gasteiger charge is 2.10. The third-order valence-electron chi connectivity index (χ3n) is 3.28. The molecule has 17 heavy (non-hydrogen) atoms. The van der Waals surface area contributed by atoms with Gasteiger partial charge in [-0.2, -0.15) is 0 Å². The van der Waals surface area contributed by atoms with Crippen LogP contribution in [0.4, 0.5) is 0 Å². The lowest BCUT2D eigenvalue weighted by molar-refractivity contribution is 0.581. The summed E-state index contributed by atoms with van der Waals surface area (Å²) in [7, 11) is 2.01. The third-order valence-corrected chi connectivity index (χ3v) is 3.77. The fourth-order valence-electron chi connectivity index (χ4n) is 2.24. The molecule has 0 aliphatic rings. The van der Waals surface area contributed by atoms with E-state index in [4.69, 9.17) is 0 Å². The number of aryl methyl sites for hydroxylation is 1. The van der Waals surface area contributed by atoms with Crippen LogP contribution in [0.2, 0.25) is 0 Å². The molecule has 1 aromatic heterocycles. The maximum atomic E-state index is 3.54. The molecule has 2 aromatic rings. The monoisotopic (exact) mass is 294 g/mol. The Morgan fingerprint density at radius 3 is 2.76 bits per heavy atom. The maximum absolute atomic E-state index is 3.54. The van der Waals surface area contributed by atoms with Gasteiger partial charge in [-0.05, 0) is 44.5 Å². The molecule has 0 bridgehead atoms. The zero-order chi connectivity index (χ0) is 12.4. The molecule has 0 saturated carbocycles. The van der Waals surface area contributed by atoms with Crippen LogP contribution >= 0.6 is 15.9 Å². The molecule has 0 fully saturated rings. The fourth-order valence-corrected chi connectivity index (χ4v) is 2.59. The molecule has 1 aromatic carbocycles. The molecule has 92 valence electrons. The summed E-state index contributed by atoms with van der Waals surface area (Å²) in [6, 6.07) is 9.30. The Morgan fingerprint density at radius 2 is 2.12 bits per heavy atom. The molecule has 1 heterocycles. The molecule has 1 unspecified atom stereocenters. The lowest BCUT2D eigenvalue weighted by Crippen LogP contribution is -2.24. The van der Waals surface area contributed by atoms with E-state index in [0.717, 1.165) is 17.4 Å². The average Bonchev–Trinajstić information content (AvgIpc) is 2.65. The predicted molar refractivity (Wildman–Crippen MR) is 77.5 cm³/mol. The Labute approximate surface area is 111 Å². The van der Waals surface area contributed by atoms with Crippen LogP contribution in [0.5, 0.6) is 0 Å². The highest BCUT2D eigenvalue weighted by atomic mass is 79.9. The van der Waals surface area contributed by atoms with E-state index in [-0.39, 0.29) is 0 Å². The van der Waals surface area contributed by atoms with Gasteiger partial charge in [0, 0.05) is 34.7 Å².